The van der Waals surface area contributed by atoms with Gasteiger partial charge >= 0.3 is 0 Å². The van der Waals surface area contributed by atoms with Crippen LogP contribution in [0.4, 0.5) is 9.39 Å². The van der Waals surface area contributed by atoms with Crippen LogP contribution in [-0.2, 0) is 0 Å². The molecule has 1 unspecified atom stereocenters. The summed E-state index contributed by atoms with van der Waals surface area (Å²) < 4.78 is 13.1. The molecule has 0 spiro atoms. The fourth-order valence-corrected chi connectivity index (χ4v) is 4.25. The number of thiophene rings is 1. The Morgan fingerprint density at radius 3 is 2.78 bits per heavy atom. The van der Waals surface area contributed by atoms with Gasteiger partial charge in [-0.05, 0) is 55.6 Å². The monoisotopic (exact) mass is 431 g/mol. The van der Waals surface area contributed by atoms with Gasteiger partial charge in [0.25, 0.3) is 11.8 Å². The Labute approximate surface area is 172 Å². The van der Waals surface area contributed by atoms with E-state index in [2.05, 4.69) is 5.32 Å². The van der Waals surface area contributed by atoms with Crippen LogP contribution in [0.3, 0.4) is 0 Å². The van der Waals surface area contributed by atoms with E-state index in [-0.39, 0.29) is 28.9 Å². The lowest BCUT2D eigenvalue weighted by Gasteiger charge is -2.15. The van der Waals surface area contributed by atoms with E-state index < -0.39 is 11.7 Å². The van der Waals surface area contributed by atoms with Crippen LogP contribution in [0.2, 0.25) is 5.02 Å². The van der Waals surface area contributed by atoms with E-state index in [1.165, 1.54) is 23.5 Å². The Morgan fingerprint density at radius 2 is 2.15 bits per heavy atom. The Morgan fingerprint density at radius 1 is 1.41 bits per heavy atom. The predicted octanol–water partition coefficient (Wildman–Crippen LogP) is 3.94. The lowest BCUT2D eigenvalue weighted by atomic mass is 10.1. The van der Waals surface area contributed by atoms with Gasteiger partial charge in [-0.3, -0.25) is 9.59 Å². The van der Waals surface area contributed by atoms with Crippen molar-refractivity contribution in [2.24, 2.45) is 11.7 Å². The van der Waals surface area contributed by atoms with Crippen molar-refractivity contribution < 1.29 is 14.0 Å². The van der Waals surface area contributed by atoms with Gasteiger partial charge in [0.2, 0.25) is 0 Å². The van der Waals surface area contributed by atoms with Crippen LogP contribution >= 0.6 is 35.3 Å². The first-order valence-electron chi connectivity index (χ1n) is 8.25. The zero-order valence-corrected chi connectivity index (χ0v) is 17.0. The van der Waals surface area contributed by atoms with Gasteiger partial charge < -0.3 is 16.0 Å². The minimum Gasteiger partial charge on any atom is -0.338 e. The molecule has 2 aromatic rings. The third kappa shape index (κ3) is 4.79. The molecule has 0 saturated carbocycles. The van der Waals surface area contributed by atoms with E-state index in [9.17, 15) is 14.0 Å². The fraction of sp³-hybridized carbons (Fsp3) is 0.333. The second kappa shape index (κ2) is 9.01. The van der Waals surface area contributed by atoms with E-state index in [0.29, 0.717) is 35.4 Å². The molecule has 1 saturated heterocycles. The molecule has 1 aromatic carbocycles. The second-order valence-corrected chi connectivity index (χ2v) is 7.80. The number of carbonyl (C=O) groups excluding carboxylic acids is 2. The van der Waals surface area contributed by atoms with Crippen molar-refractivity contribution in [2.75, 3.05) is 25.0 Å². The molecule has 1 aliphatic rings. The first-order valence-corrected chi connectivity index (χ1v) is 9.44. The van der Waals surface area contributed by atoms with E-state index in [1.807, 2.05) is 6.92 Å². The van der Waals surface area contributed by atoms with Gasteiger partial charge in [-0.2, -0.15) is 0 Å². The molecule has 0 radical (unpaired) electrons. The zero-order valence-electron chi connectivity index (χ0n) is 14.6. The fourth-order valence-electron chi connectivity index (χ4n) is 2.96. The molecule has 2 heterocycles. The van der Waals surface area contributed by atoms with Crippen LogP contribution < -0.4 is 11.1 Å². The number of amides is 2. The van der Waals surface area contributed by atoms with Gasteiger partial charge in [-0.15, -0.1) is 23.7 Å². The highest BCUT2D eigenvalue weighted by molar-refractivity contribution is 7.18. The van der Waals surface area contributed by atoms with Crippen molar-refractivity contribution in [3.63, 3.8) is 0 Å². The normalized spacial score (nSPS) is 16.1. The van der Waals surface area contributed by atoms with Crippen LogP contribution in [0.25, 0.3) is 0 Å². The van der Waals surface area contributed by atoms with Crippen molar-refractivity contribution >= 4 is 52.2 Å². The predicted molar refractivity (Wildman–Crippen MR) is 109 cm³/mol. The summed E-state index contributed by atoms with van der Waals surface area (Å²) in [5.74, 6) is -0.643. The molecule has 0 bridgehead atoms. The van der Waals surface area contributed by atoms with E-state index in [1.54, 1.807) is 11.0 Å². The molecule has 146 valence electrons. The van der Waals surface area contributed by atoms with Crippen molar-refractivity contribution in [3.8, 4) is 0 Å². The molecule has 1 aliphatic heterocycles. The number of hydrogen-bond acceptors (Lipinski definition) is 4. The highest BCUT2D eigenvalue weighted by Crippen LogP contribution is 2.30. The molecule has 27 heavy (non-hydrogen) atoms. The lowest BCUT2D eigenvalue weighted by molar-refractivity contribution is 0.0791. The molecular formula is C18H20Cl2FN3O2S. The number of likely N-dealkylation sites (tertiary alicyclic amines) is 1. The SMILES string of the molecule is Cc1cc(NC(=O)c2ccc(F)cc2Cl)sc1C(=O)N1CCC(CN)C1.Cl. The van der Waals surface area contributed by atoms with Gasteiger partial charge in [0.05, 0.1) is 20.5 Å². The number of benzene rings is 1. The van der Waals surface area contributed by atoms with Crippen LogP contribution in [-0.4, -0.2) is 36.3 Å². The van der Waals surface area contributed by atoms with Gasteiger partial charge in [-0.1, -0.05) is 11.6 Å². The van der Waals surface area contributed by atoms with Gasteiger partial charge in [-0.25, -0.2) is 4.39 Å². The summed E-state index contributed by atoms with van der Waals surface area (Å²) in [5, 5.41) is 3.31. The van der Waals surface area contributed by atoms with Gasteiger partial charge in [0.15, 0.2) is 0 Å². The number of carbonyl (C=O) groups is 2. The average molecular weight is 432 g/mol. The molecule has 5 nitrogen and oxygen atoms in total. The molecule has 3 rings (SSSR count). The summed E-state index contributed by atoms with van der Waals surface area (Å²) >= 11 is 7.15. The van der Waals surface area contributed by atoms with Crippen LogP contribution in [0.15, 0.2) is 24.3 Å². The number of hydrogen-bond donors (Lipinski definition) is 2. The maximum atomic E-state index is 13.1. The smallest absolute Gasteiger partial charge is 0.264 e. The number of nitrogens with one attached hydrogen (secondary N) is 1. The Hall–Kier alpha value is -1.67. The van der Waals surface area contributed by atoms with Crippen molar-refractivity contribution in [1.29, 1.82) is 0 Å². The van der Waals surface area contributed by atoms with Crippen molar-refractivity contribution in [3.05, 3.63) is 51.1 Å². The van der Waals surface area contributed by atoms with Crippen LogP contribution in [0.1, 0.15) is 32.0 Å². The molecular weight excluding hydrogens is 412 g/mol. The topological polar surface area (TPSA) is 75.4 Å². The van der Waals surface area contributed by atoms with E-state index >= 15 is 0 Å². The quantitative estimate of drug-likeness (QED) is 0.769. The minimum atomic E-state index is -0.507. The summed E-state index contributed by atoms with van der Waals surface area (Å²) in [7, 11) is 0. The van der Waals surface area contributed by atoms with Crippen LogP contribution in [0, 0.1) is 18.7 Å². The Kier molecular flexibility index (Phi) is 7.22. The summed E-state index contributed by atoms with van der Waals surface area (Å²) in [6, 6.07) is 5.35. The molecule has 0 aliphatic carbocycles. The standard InChI is InChI=1S/C18H19ClFN3O2S.ClH/c1-10-6-15(22-17(24)13-3-2-12(20)7-14(13)19)26-16(10)18(25)23-5-4-11(8-21)9-23;/h2-3,6-7,11H,4-5,8-9,21H2,1H3,(H,22,24);1H. The lowest BCUT2D eigenvalue weighted by Crippen LogP contribution is -2.29. The van der Waals surface area contributed by atoms with Gasteiger partial charge in [0.1, 0.15) is 5.82 Å². The number of rotatable bonds is 4. The first-order chi connectivity index (χ1) is 12.4. The molecule has 1 fully saturated rings. The third-order valence-corrected chi connectivity index (χ3v) is 5.88. The molecule has 2 amide bonds. The Balaban J connectivity index is 0.00000261. The average Bonchev–Trinajstić information content (AvgIpc) is 3.20. The zero-order chi connectivity index (χ0) is 18.8. The number of anilines is 1. The molecule has 1 aromatic heterocycles. The van der Waals surface area contributed by atoms with E-state index in [0.717, 1.165) is 18.1 Å². The summed E-state index contributed by atoms with van der Waals surface area (Å²) in [4.78, 5) is 27.5. The maximum absolute atomic E-state index is 13.1. The van der Waals surface area contributed by atoms with Crippen molar-refractivity contribution in [2.45, 2.75) is 13.3 Å². The number of nitrogens with two attached hydrogens (primary N) is 1. The third-order valence-electron chi connectivity index (χ3n) is 4.43. The van der Waals surface area contributed by atoms with E-state index in [4.69, 9.17) is 17.3 Å². The number of halogens is 3. The maximum Gasteiger partial charge on any atom is 0.264 e. The second-order valence-electron chi connectivity index (χ2n) is 6.34. The highest BCUT2D eigenvalue weighted by atomic mass is 35.5. The highest BCUT2D eigenvalue weighted by Gasteiger charge is 2.28. The molecule has 9 heteroatoms. The van der Waals surface area contributed by atoms with Crippen molar-refractivity contribution in [1.82, 2.24) is 4.90 Å². The number of aryl methyl sites for hydroxylation is 1. The molecule has 3 N–H and O–H groups in total. The largest absolute Gasteiger partial charge is 0.338 e. The molecule has 1 atom stereocenters. The van der Waals surface area contributed by atoms with Gasteiger partial charge in [0, 0.05) is 13.1 Å². The Bertz CT molecular complexity index is 859. The summed E-state index contributed by atoms with van der Waals surface area (Å²) in [6.45, 7) is 3.78. The summed E-state index contributed by atoms with van der Waals surface area (Å²) in [5.41, 5.74) is 6.66. The minimum absolute atomic E-state index is 0. The number of nitrogens with zero attached hydrogens (tertiary/aromatic N) is 1. The van der Waals surface area contributed by atoms with Crippen LogP contribution in [0.5, 0.6) is 0 Å². The summed E-state index contributed by atoms with van der Waals surface area (Å²) in [6.07, 6.45) is 0.916. The first kappa shape index (κ1) is 21.6.